The summed E-state index contributed by atoms with van der Waals surface area (Å²) in [6, 6.07) is 10.4. The van der Waals surface area contributed by atoms with E-state index in [1.807, 2.05) is 25.7 Å². The van der Waals surface area contributed by atoms with Crippen molar-refractivity contribution in [2.75, 3.05) is 0 Å². The smallest absolute Gasteiger partial charge is 0.255 e. The number of benzene rings is 2. The van der Waals surface area contributed by atoms with E-state index < -0.39 is 0 Å². The first-order valence-electron chi connectivity index (χ1n) is 6.68. The quantitative estimate of drug-likeness (QED) is 0.756. The number of carbonyl (C=O) groups is 1. The van der Waals surface area contributed by atoms with Crippen LogP contribution in [0.2, 0.25) is 0 Å². The average molecular weight is 267 g/mol. The van der Waals surface area contributed by atoms with E-state index in [-0.39, 0.29) is 11.7 Å². The van der Waals surface area contributed by atoms with Crippen molar-refractivity contribution in [1.29, 1.82) is 0 Å². The Morgan fingerprint density at radius 2 is 1.95 bits per heavy atom. The van der Waals surface area contributed by atoms with Crippen molar-refractivity contribution >= 4 is 19.2 Å². The summed E-state index contributed by atoms with van der Waals surface area (Å²) in [4.78, 5) is 14.3. The Balaban J connectivity index is 1.87. The first-order chi connectivity index (χ1) is 9.54. The standard InChI is InChI=1S/C16H15BFNO/c1-10-6-13(17)7-12-9-19(16(20)15(10)12)8-11-2-4-14(18)5-3-11/h2-7H,8-9,17H2,1H3. The van der Waals surface area contributed by atoms with Gasteiger partial charge >= 0.3 is 0 Å². The Bertz CT molecular complexity index is 682. The number of carbonyl (C=O) groups excluding carboxylic acids is 1. The number of hydrogen-bond acceptors (Lipinski definition) is 1. The van der Waals surface area contributed by atoms with Gasteiger partial charge < -0.3 is 4.90 Å². The van der Waals surface area contributed by atoms with Gasteiger partial charge in [-0.05, 0) is 35.7 Å². The lowest BCUT2D eigenvalue weighted by Crippen LogP contribution is -2.23. The van der Waals surface area contributed by atoms with E-state index in [0.717, 1.165) is 22.3 Å². The minimum absolute atomic E-state index is 0.0711. The first kappa shape index (κ1) is 12.9. The van der Waals surface area contributed by atoms with Gasteiger partial charge in [0.25, 0.3) is 5.91 Å². The van der Waals surface area contributed by atoms with Crippen LogP contribution >= 0.6 is 0 Å². The molecule has 2 aromatic rings. The molecule has 0 aliphatic carbocycles. The van der Waals surface area contributed by atoms with Crippen LogP contribution in [0.5, 0.6) is 0 Å². The summed E-state index contributed by atoms with van der Waals surface area (Å²) in [6.07, 6.45) is 0. The Hall–Kier alpha value is -2.10. The van der Waals surface area contributed by atoms with Crippen molar-refractivity contribution < 1.29 is 9.18 Å². The summed E-state index contributed by atoms with van der Waals surface area (Å²) in [6.45, 7) is 3.13. The molecule has 0 spiro atoms. The Morgan fingerprint density at radius 3 is 2.65 bits per heavy atom. The van der Waals surface area contributed by atoms with Crippen molar-refractivity contribution in [2.45, 2.75) is 20.0 Å². The lowest BCUT2D eigenvalue weighted by Gasteiger charge is -2.15. The summed E-state index contributed by atoms with van der Waals surface area (Å²) in [7, 11) is 2.04. The minimum atomic E-state index is -0.253. The number of halogens is 1. The van der Waals surface area contributed by atoms with Gasteiger partial charge in [0.15, 0.2) is 0 Å². The number of fused-ring (bicyclic) bond motifs is 1. The van der Waals surface area contributed by atoms with Crippen molar-refractivity contribution in [2.24, 2.45) is 0 Å². The van der Waals surface area contributed by atoms with Crippen LogP contribution < -0.4 is 5.46 Å². The van der Waals surface area contributed by atoms with Crippen LogP contribution in [-0.2, 0) is 13.1 Å². The highest BCUT2D eigenvalue weighted by atomic mass is 19.1. The van der Waals surface area contributed by atoms with Gasteiger partial charge in [0.05, 0.1) is 0 Å². The molecule has 1 aliphatic rings. The third-order valence-electron chi connectivity index (χ3n) is 3.71. The maximum Gasteiger partial charge on any atom is 0.255 e. The van der Waals surface area contributed by atoms with Gasteiger partial charge in [-0.25, -0.2) is 4.39 Å². The van der Waals surface area contributed by atoms with E-state index in [4.69, 9.17) is 0 Å². The van der Waals surface area contributed by atoms with Gasteiger partial charge in [0, 0.05) is 18.7 Å². The van der Waals surface area contributed by atoms with Crippen LogP contribution in [0.3, 0.4) is 0 Å². The van der Waals surface area contributed by atoms with Gasteiger partial charge in [-0.3, -0.25) is 4.79 Å². The molecule has 100 valence electrons. The zero-order valence-electron chi connectivity index (χ0n) is 11.6. The summed E-state index contributed by atoms with van der Waals surface area (Å²) in [5.74, 6) is -0.182. The third-order valence-corrected chi connectivity index (χ3v) is 3.71. The Kier molecular flexibility index (Phi) is 3.09. The fourth-order valence-electron chi connectivity index (χ4n) is 2.86. The maximum atomic E-state index is 12.9. The molecule has 0 aromatic heterocycles. The number of rotatable bonds is 2. The highest BCUT2D eigenvalue weighted by Crippen LogP contribution is 2.26. The topological polar surface area (TPSA) is 20.3 Å². The van der Waals surface area contributed by atoms with Crippen molar-refractivity contribution in [1.82, 2.24) is 4.90 Å². The number of hydrogen-bond donors (Lipinski definition) is 0. The van der Waals surface area contributed by atoms with Gasteiger partial charge in [-0.1, -0.05) is 29.7 Å². The molecule has 4 heteroatoms. The Labute approximate surface area is 118 Å². The van der Waals surface area contributed by atoms with E-state index in [1.165, 1.54) is 17.6 Å². The second-order valence-electron chi connectivity index (χ2n) is 5.40. The van der Waals surface area contributed by atoms with Gasteiger partial charge in [0.1, 0.15) is 13.7 Å². The first-order valence-corrected chi connectivity index (χ1v) is 6.68. The van der Waals surface area contributed by atoms with E-state index in [9.17, 15) is 9.18 Å². The molecule has 0 atom stereocenters. The highest BCUT2D eigenvalue weighted by Gasteiger charge is 2.28. The number of aryl methyl sites for hydroxylation is 1. The molecule has 3 rings (SSSR count). The predicted molar refractivity (Wildman–Crippen MR) is 79.3 cm³/mol. The molecule has 0 unspecified atom stereocenters. The lowest BCUT2D eigenvalue weighted by atomic mass is 9.90. The van der Waals surface area contributed by atoms with Gasteiger partial charge in [-0.2, -0.15) is 0 Å². The molecule has 1 amide bonds. The average Bonchev–Trinajstić information content (AvgIpc) is 2.69. The van der Waals surface area contributed by atoms with Crippen LogP contribution in [0, 0.1) is 12.7 Å². The van der Waals surface area contributed by atoms with E-state index in [0.29, 0.717) is 13.1 Å². The summed E-state index contributed by atoms with van der Waals surface area (Å²) in [5.41, 5.74) is 5.08. The van der Waals surface area contributed by atoms with Crippen molar-refractivity contribution in [3.05, 3.63) is 64.5 Å². The predicted octanol–water partition coefficient (Wildman–Crippen LogP) is 1.55. The highest BCUT2D eigenvalue weighted by molar-refractivity contribution is 6.32. The molecule has 1 heterocycles. The largest absolute Gasteiger partial charge is 0.330 e. The minimum Gasteiger partial charge on any atom is -0.330 e. The molecule has 2 aromatic carbocycles. The van der Waals surface area contributed by atoms with Crippen LogP contribution in [0.25, 0.3) is 0 Å². The van der Waals surface area contributed by atoms with Crippen LogP contribution in [0.15, 0.2) is 36.4 Å². The summed E-state index contributed by atoms with van der Waals surface area (Å²) in [5, 5.41) is 0. The normalized spacial score (nSPS) is 13.7. The third kappa shape index (κ3) is 2.22. The Morgan fingerprint density at radius 1 is 1.25 bits per heavy atom. The van der Waals surface area contributed by atoms with Crippen LogP contribution in [0.4, 0.5) is 4.39 Å². The summed E-state index contributed by atoms with van der Waals surface area (Å²) >= 11 is 0. The zero-order valence-corrected chi connectivity index (χ0v) is 11.6. The van der Waals surface area contributed by atoms with Crippen LogP contribution in [0.1, 0.15) is 27.0 Å². The molecule has 0 saturated heterocycles. The second kappa shape index (κ2) is 4.78. The fourth-order valence-corrected chi connectivity index (χ4v) is 2.86. The maximum absolute atomic E-state index is 12.9. The molecule has 0 fully saturated rings. The molecule has 0 radical (unpaired) electrons. The molecule has 20 heavy (non-hydrogen) atoms. The van der Waals surface area contributed by atoms with Crippen molar-refractivity contribution in [3.8, 4) is 0 Å². The molecule has 2 nitrogen and oxygen atoms in total. The van der Waals surface area contributed by atoms with E-state index >= 15 is 0 Å². The SMILES string of the molecule is Bc1cc(C)c2c(c1)CN(Cc1ccc(F)cc1)C2=O. The molecule has 0 bridgehead atoms. The van der Waals surface area contributed by atoms with Crippen LogP contribution in [-0.4, -0.2) is 18.7 Å². The van der Waals surface area contributed by atoms with Gasteiger partial charge in [-0.15, -0.1) is 0 Å². The zero-order chi connectivity index (χ0) is 14.3. The number of nitrogens with zero attached hydrogens (tertiary/aromatic N) is 1. The lowest BCUT2D eigenvalue weighted by molar-refractivity contribution is 0.0766. The number of amides is 1. The van der Waals surface area contributed by atoms with E-state index in [2.05, 4.69) is 6.07 Å². The van der Waals surface area contributed by atoms with Crippen molar-refractivity contribution in [3.63, 3.8) is 0 Å². The summed E-state index contributed by atoms with van der Waals surface area (Å²) < 4.78 is 12.9. The fraction of sp³-hybridized carbons (Fsp3) is 0.188. The van der Waals surface area contributed by atoms with Gasteiger partial charge in [0.2, 0.25) is 0 Å². The molecule has 0 saturated carbocycles. The molecule has 0 N–H and O–H groups in total. The second-order valence-corrected chi connectivity index (χ2v) is 5.40. The molecular weight excluding hydrogens is 252 g/mol. The molecule has 1 aliphatic heterocycles. The monoisotopic (exact) mass is 267 g/mol. The van der Waals surface area contributed by atoms with E-state index in [1.54, 1.807) is 12.1 Å². The molecular formula is C16H15BFNO.